The van der Waals surface area contributed by atoms with E-state index in [-0.39, 0.29) is 0 Å². The molecule has 1 aromatic rings. The minimum atomic E-state index is -0.493. The molecule has 0 bridgehead atoms. The molecular formula is C12H22BBrO2. The van der Waals surface area contributed by atoms with Gasteiger partial charge >= 0.3 is 6.92 Å². The standard InChI is InChI=1S/C8H10BBrO2.2C2H6/c1-9(11)7-4-3-6(10)5-8(7)12-2;2*1-2/h3-5,11H,1-2H3;2*1-2H3. The topological polar surface area (TPSA) is 29.5 Å². The van der Waals surface area contributed by atoms with Crippen molar-refractivity contribution in [3.63, 3.8) is 0 Å². The second kappa shape index (κ2) is 11.0. The van der Waals surface area contributed by atoms with E-state index in [2.05, 4.69) is 15.9 Å². The van der Waals surface area contributed by atoms with Crippen LogP contribution < -0.4 is 10.2 Å². The summed E-state index contributed by atoms with van der Waals surface area (Å²) < 4.78 is 6.05. The Morgan fingerprint density at radius 1 is 1.19 bits per heavy atom. The van der Waals surface area contributed by atoms with Crippen LogP contribution >= 0.6 is 15.9 Å². The van der Waals surface area contributed by atoms with Crippen LogP contribution in [0, 0.1) is 0 Å². The molecule has 1 aromatic carbocycles. The molecule has 0 unspecified atom stereocenters. The highest BCUT2D eigenvalue weighted by Gasteiger charge is 2.12. The third kappa shape index (κ3) is 6.18. The molecule has 0 saturated carbocycles. The molecule has 0 aliphatic heterocycles. The molecule has 0 radical (unpaired) electrons. The first-order valence-electron chi connectivity index (χ1n) is 5.66. The lowest BCUT2D eigenvalue weighted by molar-refractivity contribution is 0.416. The molecule has 4 heteroatoms. The van der Waals surface area contributed by atoms with Crippen molar-refractivity contribution in [1.82, 2.24) is 0 Å². The fourth-order valence-corrected chi connectivity index (χ4v) is 1.37. The third-order valence-corrected chi connectivity index (χ3v) is 2.14. The lowest BCUT2D eigenvalue weighted by Gasteiger charge is -2.08. The fraction of sp³-hybridized carbons (Fsp3) is 0.500. The van der Waals surface area contributed by atoms with Gasteiger partial charge in [0.25, 0.3) is 0 Å². The van der Waals surface area contributed by atoms with E-state index in [1.165, 1.54) is 0 Å². The van der Waals surface area contributed by atoms with Gasteiger partial charge in [0.2, 0.25) is 0 Å². The van der Waals surface area contributed by atoms with Gasteiger partial charge in [0, 0.05) is 4.47 Å². The first-order valence-corrected chi connectivity index (χ1v) is 6.46. The predicted octanol–water partition coefficient (Wildman–Crippen LogP) is 3.33. The van der Waals surface area contributed by atoms with Crippen molar-refractivity contribution in [2.45, 2.75) is 34.5 Å². The number of ether oxygens (including phenoxy) is 1. The smallest absolute Gasteiger partial charge is 0.324 e. The van der Waals surface area contributed by atoms with Crippen LogP contribution in [0.4, 0.5) is 0 Å². The van der Waals surface area contributed by atoms with Gasteiger partial charge in [-0.2, -0.15) is 0 Å². The Hall–Kier alpha value is -0.475. The van der Waals surface area contributed by atoms with Gasteiger partial charge in [-0.05, 0) is 17.6 Å². The van der Waals surface area contributed by atoms with Crippen molar-refractivity contribution >= 4 is 28.3 Å². The molecule has 1 N–H and O–H groups in total. The Bertz CT molecular complexity index is 278. The fourth-order valence-electron chi connectivity index (χ4n) is 1.03. The normalized spacial score (nSPS) is 8.00. The second-order valence-electron chi connectivity index (χ2n) is 2.56. The maximum atomic E-state index is 9.33. The van der Waals surface area contributed by atoms with Crippen molar-refractivity contribution in [1.29, 1.82) is 0 Å². The SMILES string of the molecule is CC.CC.COc1cc(Br)ccc1B(C)O. The molecule has 0 aliphatic carbocycles. The summed E-state index contributed by atoms with van der Waals surface area (Å²) in [4.78, 5) is 0. The Kier molecular flexibility index (Phi) is 12.3. The highest BCUT2D eigenvalue weighted by Crippen LogP contribution is 2.15. The summed E-state index contributed by atoms with van der Waals surface area (Å²) in [5.74, 6) is 0.708. The average Bonchev–Trinajstić information content (AvgIpc) is 2.33. The predicted molar refractivity (Wildman–Crippen MR) is 76.9 cm³/mol. The van der Waals surface area contributed by atoms with Gasteiger partial charge in [-0.15, -0.1) is 0 Å². The molecule has 92 valence electrons. The van der Waals surface area contributed by atoms with Crippen LogP contribution in [0.1, 0.15) is 27.7 Å². The van der Waals surface area contributed by atoms with Crippen LogP contribution in [0.3, 0.4) is 0 Å². The number of hydrogen-bond acceptors (Lipinski definition) is 2. The molecule has 0 atom stereocenters. The lowest BCUT2D eigenvalue weighted by atomic mass is 9.64. The Labute approximate surface area is 108 Å². The summed E-state index contributed by atoms with van der Waals surface area (Å²) in [5, 5.41) is 9.33. The largest absolute Gasteiger partial charge is 0.497 e. The molecule has 0 spiro atoms. The zero-order chi connectivity index (χ0) is 13.1. The number of hydrogen-bond donors (Lipinski definition) is 1. The summed E-state index contributed by atoms with van der Waals surface area (Å²) >= 11 is 3.32. The maximum absolute atomic E-state index is 9.33. The average molecular weight is 289 g/mol. The number of rotatable bonds is 2. The molecule has 0 fully saturated rings. The Balaban J connectivity index is 0. The summed E-state index contributed by atoms with van der Waals surface area (Å²) in [6.45, 7) is 9.22. The summed E-state index contributed by atoms with van der Waals surface area (Å²) in [6, 6.07) is 5.56. The Morgan fingerprint density at radius 3 is 2.06 bits per heavy atom. The molecule has 0 aromatic heterocycles. The molecule has 0 amide bonds. The lowest BCUT2D eigenvalue weighted by Crippen LogP contribution is -2.27. The van der Waals surface area contributed by atoms with Gasteiger partial charge in [-0.25, -0.2) is 0 Å². The number of halogens is 1. The summed E-state index contributed by atoms with van der Waals surface area (Å²) in [5.41, 5.74) is 0.806. The van der Waals surface area contributed by atoms with Crippen LogP contribution in [-0.4, -0.2) is 19.0 Å². The van der Waals surface area contributed by atoms with Crippen LogP contribution in [0.2, 0.25) is 6.82 Å². The minimum Gasteiger partial charge on any atom is -0.497 e. The van der Waals surface area contributed by atoms with Crippen molar-refractivity contribution in [3.05, 3.63) is 22.7 Å². The van der Waals surface area contributed by atoms with Crippen LogP contribution in [0.25, 0.3) is 0 Å². The Morgan fingerprint density at radius 2 is 1.69 bits per heavy atom. The van der Waals surface area contributed by atoms with E-state index < -0.39 is 6.92 Å². The van der Waals surface area contributed by atoms with E-state index in [9.17, 15) is 5.02 Å². The van der Waals surface area contributed by atoms with Gasteiger partial charge in [0.05, 0.1) is 7.11 Å². The van der Waals surface area contributed by atoms with Crippen molar-refractivity contribution in [2.24, 2.45) is 0 Å². The number of benzene rings is 1. The summed E-state index contributed by atoms with van der Waals surface area (Å²) in [6.07, 6.45) is 0. The molecule has 0 saturated heterocycles. The van der Waals surface area contributed by atoms with Crippen molar-refractivity contribution < 1.29 is 9.76 Å². The first-order chi connectivity index (χ1) is 7.65. The van der Waals surface area contributed by atoms with Gasteiger partial charge in [-0.3, -0.25) is 0 Å². The monoisotopic (exact) mass is 288 g/mol. The first kappa shape index (κ1) is 17.9. The molecule has 0 aliphatic rings. The van der Waals surface area contributed by atoms with Crippen LogP contribution in [-0.2, 0) is 0 Å². The zero-order valence-electron chi connectivity index (χ0n) is 11.0. The minimum absolute atomic E-state index is 0.493. The zero-order valence-corrected chi connectivity index (χ0v) is 12.6. The second-order valence-corrected chi connectivity index (χ2v) is 3.48. The van der Waals surface area contributed by atoms with E-state index >= 15 is 0 Å². The highest BCUT2D eigenvalue weighted by molar-refractivity contribution is 9.10. The number of methoxy groups -OCH3 is 1. The van der Waals surface area contributed by atoms with Gasteiger partial charge in [0.1, 0.15) is 5.75 Å². The molecule has 2 nitrogen and oxygen atoms in total. The van der Waals surface area contributed by atoms with Crippen LogP contribution in [0.5, 0.6) is 5.75 Å². The molecular weight excluding hydrogens is 267 g/mol. The quantitative estimate of drug-likeness (QED) is 0.846. The van der Waals surface area contributed by atoms with Gasteiger partial charge < -0.3 is 9.76 Å². The molecule has 16 heavy (non-hydrogen) atoms. The third-order valence-electron chi connectivity index (χ3n) is 1.65. The van der Waals surface area contributed by atoms with Gasteiger partial charge in [-0.1, -0.05) is 56.5 Å². The summed E-state index contributed by atoms with van der Waals surface area (Å²) in [7, 11) is 1.59. The molecule has 1 rings (SSSR count). The van der Waals surface area contributed by atoms with E-state index in [0.29, 0.717) is 5.75 Å². The van der Waals surface area contributed by atoms with E-state index in [4.69, 9.17) is 4.74 Å². The highest BCUT2D eigenvalue weighted by atomic mass is 79.9. The van der Waals surface area contributed by atoms with Crippen molar-refractivity contribution in [3.8, 4) is 5.75 Å². The van der Waals surface area contributed by atoms with E-state index in [1.807, 2.05) is 45.9 Å². The van der Waals surface area contributed by atoms with Gasteiger partial charge in [0.15, 0.2) is 0 Å². The van der Waals surface area contributed by atoms with E-state index in [1.54, 1.807) is 13.9 Å². The van der Waals surface area contributed by atoms with E-state index in [0.717, 1.165) is 9.94 Å². The van der Waals surface area contributed by atoms with Crippen LogP contribution in [0.15, 0.2) is 22.7 Å². The van der Waals surface area contributed by atoms with Crippen molar-refractivity contribution in [2.75, 3.05) is 7.11 Å². The molecule has 0 heterocycles. The maximum Gasteiger partial charge on any atom is 0.324 e.